The van der Waals surface area contributed by atoms with E-state index in [1.807, 2.05) is 0 Å². The van der Waals surface area contributed by atoms with Crippen LogP contribution in [0.5, 0.6) is 0 Å². The summed E-state index contributed by atoms with van der Waals surface area (Å²) >= 11 is 0. The molecule has 0 rings (SSSR count). The predicted molar refractivity (Wildman–Crippen MR) is 201 cm³/mol. The first-order valence-corrected chi connectivity index (χ1v) is 22.5. The minimum atomic E-state index is -4.35. The van der Waals surface area contributed by atoms with Crippen molar-refractivity contribution in [1.29, 1.82) is 0 Å². The number of ether oxygens (including phenoxy) is 2. The Balaban J connectivity index is 0. The smallest absolute Gasteiger partial charge is 0.462 e. The van der Waals surface area contributed by atoms with Crippen LogP contribution < -0.4 is 11.5 Å². The van der Waals surface area contributed by atoms with E-state index in [1.165, 1.54) is 103 Å². The zero-order valence-electron chi connectivity index (χ0n) is 31.9. The van der Waals surface area contributed by atoms with E-state index >= 15 is 0 Å². The Hall–Kier alpha value is -0.920. The summed E-state index contributed by atoms with van der Waals surface area (Å²) in [5, 5.41) is 0. The van der Waals surface area contributed by atoms with Crippen LogP contribution >= 0.6 is 15.6 Å². The molecular weight excluding hydrogens is 702 g/mol. The number of nitrogens with two attached hydrogens (primary N) is 2. The lowest BCUT2D eigenvalue weighted by Crippen LogP contribution is -2.29. The molecule has 1 unspecified atom stereocenters. The van der Waals surface area contributed by atoms with Crippen LogP contribution in [0.15, 0.2) is 0 Å². The number of phosphoric acid groups is 2. The Labute approximate surface area is 308 Å². The van der Waals surface area contributed by atoms with Gasteiger partial charge in [-0.2, -0.15) is 0 Å². The Bertz CT molecular complexity index is 895. The third-order valence-electron chi connectivity index (χ3n) is 7.87. The summed E-state index contributed by atoms with van der Waals surface area (Å²) in [7, 11) is -8.62. The van der Waals surface area contributed by atoms with E-state index in [2.05, 4.69) is 18.4 Å². The SMILES string of the molecule is CCCCCCCCCCCCCC(=O)OC[C@H](COP(=O)(O)OCCN)OC(=O)CCCCCCCCCCCCC.NCCOP(=O)(O)O. The van der Waals surface area contributed by atoms with Crippen molar-refractivity contribution >= 4 is 27.6 Å². The number of rotatable bonds is 36. The Morgan fingerprint density at radius 2 is 0.902 bits per heavy atom. The van der Waals surface area contributed by atoms with Crippen LogP contribution in [0.25, 0.3) is 0 Å². The minimum absolute atomic E-state index is 0.0575. The molecule has 0 aliphatic heterocycles. The van der Waals surface area contributed by atoms with Gasteiger partial charge >= 0.3 is 27.6 Å². The standard InChI is InChI=1S/C33H66NO8P.C2H8NO4P/c1-3-5-7-9-11-13-15-17-19-21-23-25-32(35)39-29-31(30-41-43(37,38)40-28-27-34)42-33(36)26-24-22-20-18-16-14-12-10-8-6-4-2;3-1-2-7-8(4,5)6/h31H,3-30,34H2,1-2H3,(H,37,38);1-3H2,(H2,4,5,6)/t31-;/m1./s1. The van der Waals surface area contributed by atoms with Gasteiger partial charge in [-0.15, -0.1) is 0 Å². The number of hydrogen-bond donors (Lipinski definition) is 5. The van der Waals surface area contributed by atoms with Crippen molar-refractivity contribution in [3.8, 4) is 0 Å². The molecule has 16 heteroatoms. The second kappa shape index (κ2) is 37.4. The summed E-state index contributed by atoms with van der Waals surface area (Å²) in [4.78, 5) is 50.5. The van der Waals surface area contributed by atoms with Crippen LogP contribution in [0, 0.1) is 0 Å². The molecule has 0 saturated carbocycles. The lowest BCUT2D eigenvalue weighted by Gasteiger charge is -2.19. The minimum Gasteiger partial charge on any atom is -0.462 e. The zero-order chi connectivity index (χ0) is 38.5. The van der Waals surface area contributed by atoms with E-state index < -0.39 is 34.3 Å². The molecule has 0 aromatic carbocycles. The van der Waals surface area contributed by atoms with Gasteiger partial charge in [-0.1, -0.05) is 142 Å². The van der Waals surface area contributed by atoms with Crippen molar-refractivity contribution < 1.29 is 56.4 Å². The molecule has 0 bridgehead atoms. The lowest BCUT2D eigenvalue weighted by molar-refractivity contribution is -0.161. The summed E-state index contributed by atoms with van der Waals surface area (Å²) in [6.45, 7) is 3.72. The topological polar surface area (TPSA) is 227 Å². The van der Waals surface area contributed by atoms with Crippen molar-refractivity contribution in [2.24, 2.45) is 11.5 Å². The van der Waals surface area contributed by atoms with Gasteiger partial charge in [0.1, 0.15) is 6.61 Å². The van der Waals surface area contributed by atoms with Crippen LogP contribution in [0.2, 0.25) is 0 Å². The summed E-state index contributed by atoms with van der Waals surface area (Å²) in [5.74, 6) is -0.824. The third kappa shape index (κ3) is 43.4. The first kappa shape index (κ1) is 52.2. The van der Waals surface area contributed by atoms with Crippen LogP contribution in [-0.4, -0.2) is 72.2 Å². The highest BCUT2D eigenvalue weighted by Crippen LogP contribution is 2.43. The van der Waals surface area contributed by atoms with E-state index in [4.69, 9.17) is 39.8 Å². The van der Waals surface area contributed by atoms with Gasteiger partial charge < -0.3 is 35.6 Å². The van der Waals surface area contributed by atoms with Crippen molar-refractivity contribution in [3.63, 3.8) is 0 Å². The molecule has 51 heavy (non-hydrogen) atoms. The van der Waals surface area contributed by atoms with E-state index in [0.29, 0.717) is 6.42 Å². The van der Waals surface area contributed by atoms with Crippen LogP contribution in [0.4, 0.5) is 0 Å². The average molecular weight is 777 g/mol. The normalized spacial score (nSPS) is 13.2. The molecule has 0 heterocycles. The number of hydrogen-bond acceptors (Lipinski definition) is 11. The molecule has 0 amide bonds. The van der Waals surface area contributed by atoms with Gasteiger partial charge in [0.15, 0.2) is 6.10 Å². The van der Waals surface area contributed by atoms with Crippen molar-refractivity contribution in [2.75, 3.05) is 39.5 Å². The third-order valence-corrected chi connectivity index (χ3v) is 9.37. The van der Waals surface area contributed by atoms with Gasteiger partial charge in [-0.05, 0) is 12.8 Å². The van der Waals surface area contributed by atoms with Gasteiger partial charge in [0.2, 0.25) is 0 Å². The van der Waals surface area contributed by atoms with E-state index in [1.54, 1.807) is 0 Å². The molecule has 0 aliphatic rings. The first-order valence-electron chi connectivity index (χ1n) is 19.5. The highest BCUT2D eigenvalue weighted by molar-refractivity contribution is 7.47. The molecular formula is C35H74N2O12P2. The van der Waals surface area contributed by atoms with Crippen molar-refractivity contribution in [3.05, 3.63) is 0 Å². The van der Waals surface area contributed by atoms with Gasteiger partial charge in [0.05, 0.1) is 19.8 Å². The summed E-state index contributed by atoms with van der Waals surface area (Å²) < 4.78 is 46.2. The molecule has 2 atom stereocenters. The maximum Gasteiger partial charge on any atom is 0.472 e. The highest BCUT2D eigenvalue weighted by Gasteiger charge is 2.26. The van der Waals surface area contributed by atoms with Crippen LogP contribution in [-0.2, 0) is 41.8 Å². The number of carbonyl (C=O) groups is 2. The molecule has 0 fully saturated rings. The summed E-state index contributed by atoms with van der Waals surface area (Å²) in [6, 6.07) is 0. The van der Waals surface area contributed by atoms with Gasteiger partial charge in [-0.25, -0.2) is 9.13 Å². The molecule has 306 valence electrons. The van der Waals surface area contributed by atoms with Crippen molar-refractivity contribution in [1.82, 2.24) is 0 Å². The fourth-order valence-corrected chi connectivity index (χ4v) is 6.15. The molecule has 0 aromatic heterocycles. The van der Waals surface area contributed by atoms with Gasteiger partial charge in [-0.3, -0.25) is 23.2 Å². The van der Waals surface area contributed by atoms with E-state index in [0.717, 1.165) is 32.1 Å². The molecule has 0 spiro atoms. The van der Waals surface area contributed by atoms with Gasteiger partial charge in [0, 0.05) is 25.9 Å². The lowest BCUT2D eigenvalue weighted by atomic mass is 10.1. The van der Waals surface area contributed by atoms with Crippen LogP contribution in [0.1, 0.15) is 168 Å². The molecule has 0 saturated heterocycles. The first-order chi connectivity index (χ1) is 24.4. The largest absolute Gasteiger partial charge is 0.472 e. The number of phosphoric ester groups is 2. The Kier molecular flexibility index (Phi) is 38.3. The second-order valence-corrected chi connectivity index (χ2v) is 15.6. The fourth-order valence-electron chi connectivity index (χ4n) is 5.04. The summed E-state index contributed by atoms with van der Waals surface area (Å²) in [6.07, 6.45) is 25.6. The quantitative estimate of drug-likeness (QED) is 0.0231. The molecule has 7 N–H and O–H groups in total. The van der Waals surface area contributed by atoms with E-state index in [9.17, 15) is 23.6 Å². The van der Waals surface area contributed by atoms with E-state index in [-0.39, 0.29) is 51.7 Å². The number of carbonyl (C=O) groups excluding carboxylic acids is 2. The maximum atomic E-state index is 12.4. The maximum absolute atomic E-state index is 12.4. The highest BCUT2D eigenvalue weighted by atomic mass is 31.2. The average Bonchev–Trinajstić information content (AvgIpc) is 3.09. The second-order valence-electron chi connectivity index (χ2n) is 12.9. The van der Waals surface area contributed by atoms with Crippen molar-refractivity contribution in [2.45, 2.75) is 174 Å². The zero-order valence-corrected chi connectivity index (χ0v) is 33.6. The molecule has 0 aromatic rings. The van der Waals surface area contributed by atoms with Gasteiger partial charge in [0.25, 0.3) is 0 Å². The Morgan fingerprint density at radius 3 is 1.27 bits per heavy atom. The number of unbranched alkanes of at least 4 members (excludes halogenated alkanes) is 20. The predicted octanol–water partition coefficient (Wildman–Crippen LogP) is 7.99. The molecule has 14 nitrogen and oxygen atoms in total. The molecule has 0 aliphatic carbocycles. The van der Waals surface area contributed by atoms with Crippen LogP contribution in [0.3, 0.4) is 0 Å². The number of esters is 2. The monoisotopic (exact) mass is 776 g/mol. The molecule has 0 radical (unpaired) electrons. The Morgan fingerprint density at radius 1 is 0.529 bits per heavy atom. The summed E-state index contributed by atoms with van der Waals surface area (Å²) in [5.41, 5.74) is 10.2. The fraction of sp³-hybridized carbons (Fsp3) is 0.943.